The van der Waals surface area contributed by atoms with Crippen LogP contribution in [0.4, 0.5) is 5.69 Å². The SMILES string of the molecule is Cc1ccc(Oc2ccc(-n3nc4c(c3C(N)=O)NCC[C@H]4N3CCNCC3)cc2)cc1. The van der Waals surface area contributed by atoms with Crippen LogP contribution < -0.4 is 21.1 Å². The highest BCUT2D eigenvalue weighted by Gasteiger charge is 2.34. The Morgan fingerprint density at radius 1 is 1.03 bits per heavy atom. The van der Waals surface area contributed by atoms with Crippen molar-refractivity contribution < 1.29 is 9.53 Å². The third-order valence-electron chi connectivity index (χ3n) is 6.11. The van der Waals surface area contributed by atoms with Crippen LogP contribution in [0.1, 0.15) is 34.2 Å². The van der Waals surface area contributed by atoms with Gasteiger partial charge in [-0.15, -0.1) is 0 Å². The Balaban J connectivity index is 1.46. The van der Waals surface area contributed by atoms with Crippen molar-refractivity contribution in [2.75, 3.05) is 38.0 Å². The Kier molecular flexibility index (Phi) is 5.55. The van der Waals surface area contributed by atoms with E-state index in [0.29, 0.717) is 11.4 Å². The smallest absolute Gasteiger partial charge is 0.269 e. The van der Waals surface area contributed by atoms with Gasteiger partial charge in [-0.2, -0.15) is 5.10 Å². The second-order valence-corrected chi connectivity index (χ2v) is 8.31. The molecule has 0 unspecified atom stereocenters. The van der Waals surface area contributed by atoms with Crippen LogP contribution in [0.15, 0.2) is 48.5 Å². The lowest BCUT2D eigenvalue weighted by Gasteiger charge is -2.36. The van der Waals surface area contributed by atoms with Gasteiger partial charge < -0.3 is 21.1 Å². The topological polar surface area (TPSA) is 97.4 Å². The first kappa shape index (κ1) is 20.5. The van der Waals surface area contributed by atoms with E-state index < -0.39 is 5.91 Å². The Bertz CT molecular complexity index is 1100. The highest BCUT2D eigenvalue weighted by molar-refractivity contribution is 5.98. The van der Waals surface area contributed by atoms with Crippen LogP contribution in [0.2, 0.25) is 0 Å². The summed E-state index contributed by atoms with van der Waals surface area (Å²) < 4.78 is 7.60. The number of piperazine rings is 1. The van der Waals surface area contributed by atoms with Crippen LogP contribution in [-0.2, 0) is 0 Å². The molecular weight excluding hydrogens is 404 g/mol. The fourth-order valence-electron chi connectivity index (χ4n) is 4.47. The molecule has 2 aromatic carbocycles. The number of primary amides is 1. The minimum Gasteiger partial charge on any atom is -0.457 e. The molecule has 1 atom stereocenters. The van der Waals surface area contributed by atoms with Gasteiger partial charge in [0, 0.05) is 32.7 Å². The van der Waals surface area contributed by atoms with Crippen LogP contribution >= 0.6 is 0 Å². The number of aryl methyl sites for hydroxylation is 1. The summed E-state index contributed by atoms with van der Waals surface area (Å²) in [6, 6.07) is 15.6. The van der Waals surface area contributed by atoms with E-state index in [-0.39, 0.29) is 6.04 Å². The van der Waals surface area contributed by atoms with Crippen LogP contribution in [-0.4, -0.2) is 53.3 Å². The second-order valence-electron chi connectivity index (χ2n) is 8.31. The molecule has 1 amide bonds. The fraction of sp³-hybridized carbons (Fsp3) is 0.333. The molecule has 4 N–H and O–H groups in total. The molecule has 2 aliphatic rings. The Morgan fingerprint density at radius 3 is 2.34 bits per heavy atom. The molecule has 0 bridgehead atoms. The van der Waals surface area contributed by atoms with Crippen molar-refractivity contribution in [1.29, 1.82) is 0 Å². The number of aromatic nitrogens is 2. The summed E-state index contributed by atoms with van der Waals surface area (Å²) in [7, 11) is 0. The summed E-state index contributed by atoms with van der Waals surface area (Å²) in [6.07, 6.45) is 0.950. The van der Waals surface area contributed by atoms with E-state index >= 15 is 0 Å². The van der Waals surface area contributed by atoms with Crippen molar-refractivity contribution in [2.45, 2.75) is 19.4 Å². The molecule has 3 heterocycles. The van der Waals surface area contributed by atoms with E-state index in [1.807, 2.05) is 55.5 Å². The van der Waals surface area contributed by atoms with Gasteiger partial charge in [0.15, 0.2) is 5.69 Å². The number of hydrogen-bond acceptors (Lipinski definition) is 6. The Labute approximate surface area is 187 Å². The molecule has 0 spiro atoms. The first-order valence-electron chi connectivity index (χ1n) is 11.1. The molecule has 0 saturated carbocycles. The summed E-state index contributed by atoms with van der Waals surface area (Å²) in [4.78, 5) is 14.9. The van der Waals surface area contributed by atoms with Gasteiger partial charge in [-0.1, -0.05) is 17.7 Å². The Morgan fingerprint density at radius 2 is 1.69 bits per heavy atom. The zero-order valence-electron chi connectivity index (χ0n) is 18.2. The molecule has 3 aromatic rings. The monoisotopic (exact) mass is 432 g/mol. The highest BCUT2D eigenvalue weighted by atomic mass is 16.5. The summed E-state index contributed by atoms with van der Waals surface area (Å²) >= 11 is 0. The van der Waals surface area contributed by atoms with Crippen molar-refractivity contribution in [2.24, 2.45) is 5.73 Å². The van der Waals surface area contributed by atoms with Gasteiger partial charge in [-0.3, -0.25) is 9.69 Å². The van der Waals surface area contributed by atoms with Crippen LogP contribution in [0.3, 0.4) is 0 Å². The zero-order valence-corrected chi connectivity index (χ0v) is 18.2. The average molecular weight is 433 g/mol. The molecule has 5 rings (SSSR count). The number of carbonyl (C=O) groups excluding carboxylic acids is 1. The maximum Gasteiger partial charge on any atom is 0.269 e. The third-order valence-corrected chi connectivity index (χ3v) is 6.11. The van der Waals surface area contributed by atoms with Gasteiger partial charge in [0.05, 0.1) is 17.4 Å². The van der Waals surface area contributed by atoms with Gasteiger partial charge in [0.1, 0.15) is 17.2 Å². The average Bonchev–Trinajstić information content (AvgIpc) is 3.22. The Hall–Kier alpha value is -3.36. The predicted octanol–water partition coefficient (Wildman–Crippen LogP) is 2.83. The van der Waals surface area contributed by atoms with Crippen LogP contribution in [0, 0.1) is 6.92 Å². The molecule has 1 aromatic heterocycles. The number of nitrogens with one attached hydrogen (secondary N) is 2. The van der Waals surface area contributed by atoms with Crippen molar-refractivity contribution in [3.8, 4) is 17.2 Å². The van der Waals surface area contributed by atoms with Gasteiger partial charge in [-0.25, -0.2) is 4.68 Å². The normalized spacial score (nSPS) is 18.6. The van der Waals surface area contributed by atoms with Crippen molar-refractivity contribution in [1.82, 2.24) is 20.0 Å². The maximum atomic E-state index is 12.4. The quantitative estimate of drug-likeness (QED) is 0.574. The van der Waals surface area contributed by atoms with Gasteiger partial charge in [0.25, 0.3) is 5.91 Å². The number of anilines is 1. The summed E-state index contributed by atoms with van der Waals surface area (Å²) in [5.74, 6) is 0.998. The molecule has 1 fully saturated rings. The number of ether oxygens (including phenoxy) is 1. The number of rotatable bonds is 5. The van der Waals surface area contributed by atoms with E-state index in [4.69, 9.17) is 15.6 Å². The molecule has 0 radical (unpaired) electrons. The van der Waals surface area contributed by atoms with E-state index in [2.05, 4.69) is 15.5 Å². The summed E-state index contributed by atoms with van der Waals surface area (Å²) in [5, 5.41) is 11.6. The van der Waals surface area contributed by atoms with Gasteiger partial charge in [-0.05, 0) is 49.7 Å². The molecule has 8 heteroatoms. The minimum absolute atomic E-state index is 0.178. The highest BCUT2D eigenvalue weighted by Crippen LogP contribution is 2.37. The number of carbonyl (C=O) groups is 1. The third kappa shape index (κ3) is 3.94. The first-order chi connectivity index (χ1) is 15.6. The van der Waals surface area contributed by atoms with E-state index in [0.717, 1.165) is 62.0 Å². The van der Waals surface area contributed by atoms with Crippen LogP contribution in [0.5, 0.6) is 11.5 Å². The lowest BCUT2D eigenvalue weighted by atomic mass is 10.0. The molecule has 1 saturated heterocycles. The number of amides is 1. The molecule has 32 heavy (non-hydrogen) atoms. The fourth-order valence-corrected chi connectivity index (χ4v) is 4.47. The predicted molar refractivity (Wildman–Crippen MR) is 124 cm³/mol. The molecule has 8 nitrogen and oxygen atoms in total. The minimum atomic E-state index is -0.493. The lowest BCUT2D eigenvalue weighted by Crippen LogP contribution is -2.46. The number of nitrogens with zero attached hydrogens (tertiary/aromatic N) is 3. The van der Waals surface area contributed by atoms with Gasteiger partial charge in [0.2, 0.25) is 0 Å². The number of benzene rings is 2. The molecule has 2 aliphatic heterocycles. The van der Waals surface area contributed by atoms with Crippen molar-refractivity contribution in [3.63, 3.8) is 0 Å². The largest absolute Gasteiger partial charge is 0.457 e. The van der Waals surface area contributed by atoms with E-state index in [9.17, 15) is 4.79 Å². The maximum absolute atomic E-state index is 12.4. The number of nitrogens with two attached hydrogens (primary N) is 1. The lowest BCUT2D eigenvalue weighted by molar-refractivity contribution is 0.0993. The van der Waals surface area contributed by atoms with E-state index in [1.165, 1.54) is 5.56 Å². The van der Waals surface area contributed by atoms with Crippen molar-refractivity contribution >= 4 is 11.6 Å². The first-order valence-corrected chi connectivity index (χ1v) is 11.1. The summed E-state index contributed by atoms with van der Waals surface area (Å²) in [5.41, 5.74) is 9.80. The standard InChI is InChI=1S/C24H28N6O2/c1-16-2-6-18(7-3-16)32-19-8-4-17(5-9-19)30-23(24(25)31)22-21(28-30)20(10-11-27-22)29-14-12-26-13-15-29/h2-9,20,26-27H,10-15H2,1H3,(H2,25,31)/t20-/m1/s1. The zero-order chi connectivity index (χ0) is 22.1. The van der Waals surface area contributed by atoms with E-state index in [1.54, 1.807) is 4.68 Å². The van der Waals surface area contributed by atoms with Crippen LogP contribution in [0.25, 0.3) is 5.69 Å². The molecular formula is C24H28N6O2. The van der Waals surface area contributed by atoms with Crippen molar-refractivity contribution in [3.05, 3.63) is 65.5 Å². The number of hydrogen-bond donors (Lipinski definition) is 3. The summed E-state index contributed by atoms with van der Waals surface area (Å²) in [6.45, 7) is 6.69. The molecule has 0 aliphatic carbocycles. The second kappa shape index (κ2) is 8.64. The number of fused-ring (bicyclic) bond motifs is 1. The van der Waals surface area contributed by atoms with Gasteiger partial charge >= 0.3 is 0 Å². The molecule has 166 valence electrons.